The summed E-state index contributed by atoms with van der Waals surface area (Å²) in [6.45, 7) is 3.73. The number of hydrogen-bond donors (Lipinski definition) is 1. The Kier molecular flexibility index (Phi) is 4.40. The lowest BCUT2D eigenvalue weighted by atomic mass is 9.79. The van der Waals surface area contributed by atoms with Crippen LogP contribution in [0.1, 0.15) is 40.2 Å². The second kappa shape index (κ2) is 6.59. The molecule has 0 radical (unpaired) electrons. The minimum absolute atomic E-state index is 0.125. The Balaban J connectivity index is 1.54. The number of carbonyl (C=O) groups is 1. The predicted octanol–water partition coefficient (Wildman–Crippen LogP) is 3.08. The molecule has 1 saturated heterocycles. The maximum Gasteiger partial charge on any atom is 0.275 e. The summed E-state index contributed by atoms with van der Waals surface area (Å²) in [5.74, 6) is 0.747. The number of rotatable bonds is 2. The maximum absolute atomic E-state index is 12.7. The zero-order chi connectivity index (χ0) is 18.3. The molecule has 1 amide bonds. The number of aromatic nitrogens is 2. The zero-order valence-corrected chi connectivity index (χ0v) is 15.7. The Hall–Kier alpha value is -2.05. The molecule has 0 aliphatic carbocycles. The fraction of sp³-hybridized carbons (Fsp3) is 0.474. The molecule has 2 aliphatic heterocycles. The summed E-state index contributed by atoms with van der Waals surface area (Å²) in [4.78, 5) is 14.5. The van der Waals surface area contributed by atoms with E-state index in [0.29, 0.717) is 36.1 Å². The van der Waals surface area contributed by atoms with Crippen molar-refractivity contribution in [3.05, 3.63) is 45.7 Å². The monoisotopic (exact) mass is 375 g/mol. The van der Waals surface area contributed by atoms with E-state index in [1.54, 1.807) is 14.0 Å². The van der Waals surface area contributed by atoms with E-state index in [2.05, 4.69) is 22.3 Å². The van der Waals surface area contributed by atoms with Gasteiger partial charge in [-0.3, -0.25) is 9.89 Å². The molecule has 2 aromatic rings. The van der Waals surface area contributed by atoms with Crippen molar-refractivity contribution in [2.24, 2.45) is 0 Å². The number of carbonyl (C=O) groups excluding carboxylic acids is 1. The minimum Gasteiger partial charge on any atom is -0.497 e. The van der Waals surface area contributed by atoms with Gasteiger partial charge in [0.2, 0.25) is 0 Å². The highest BCUT2D eigenvalue weighted by molar-refractivity contribution is 6.34. The van der Waals surface area contributed by atoms with Crippen molar-refractivity contribution in [2.75, 3.05) is 26.8 Å². The van der Waals surface area contributed by atoms with Crippen molar-refractivity contribution in [1.29, 1.82) is 0 Å². The average molecular weight is 376 g/mol. The molecule has 1 fully saturated rings. The van der Waals surface area contributed by atoms with Gasteiger partial charge in [-0.1, -0.05) is 17.7 Å². The fourth-order valence-electron chi connectivity index (χ4n) is 3.97. The molecule has 1 aromatic heterocycles. The van der Waals surface area contributed by atoms with Crippen molar-refractivity contribution in [2.45, 2.75) is 31.8 Å². The number of benzene rings is 1. The first-order chi connectivity index (χ1) is 12.5. The third-order valence-electron chi connectivity index (χ3n) is 5.49. The highest BCUT2D eigenvalue weighted by Gasteiger charge is 2.42. The van der Waals surface area contributed by atoms with Crippen molar-refractivity contribution in [3.8, 4) is 5.75 Å². The molecule has 6 nitrogen and oxygen atoms in total. The van der Waals surface area contributed by atoms with Gasteiger partial charge in [0.25, 0.3) is 5.91 Å². The molecule has 3 heterocycles. The Morgan fingerprint density at radius 1 is 1.38 bits per heavy atom. The van der Waals surface area contributed by atoms with Gasteiger partial charge in [-0.2, -0.15) is 5.10 Å². The smallest absolute Gasteiger partial charge is 0.275 e. The number of nitrogens with zero attached hydrogens (tertiary/aromatic N) is 2. The first-order valence-electron chi connectivity index (χ1n) is 8.85. The summed E-state index contributed by atoms with van der Waals surface area (Å²) in [6.07, 6.45) is 2.41. The minimum atomic E-state index is -0.318. The molecule has 2 aliphatic rings. The Morgan fingerprint density at radius 2 is 2.15 bits per heavy atom. The van der Waals surface area contributed by atoms with Crippen LogP contribution in [0.2, 0.25) is 5.02 Å². The molecule has 0 unspecified atom stereocenters. The molecule has 1 aromatic carbocycles. The van der Waals surface area contributed by atoms with Gasteiger partial charge in [0.15, 0.2) is 5.69 Å². The van der Waals surface area contributed by atoms with Crippen LogP contribution in [0.3, 0.4) is 0 Å². The second-order valence-corrected chi connectivity index (χ2v) is 7.30. The van der Waals surface area contributed by atoms with Crippen LogP contribution in [-0.2, 0) is 16.8 Å². The zero-order valence-electron chi connectivity index (χ0n) is 15.0. The molecule has 26 heavy (non-hydrogen) atoms. The summed E-state index contributed by atoms with van der Waals surface area (Å²) in [5.41, 5.74) is 3.20. The van der Waals surface area contributed by atoms with E-state index < -0.39 is 0 Å². The molecular formula is C19H22ClN3O3. The number of piperidine rings is 1. The van der Waals surface area contributed by atoms with Crippen LogP contribution in [0.15, 0.2) is 18.2 Å². The SMILES string of the molecule is COc1ccc2c(c1)CCOC21CCN(C(=O)c2n[nH]c(C)c2Cl)CC1. The summed E-state index contributed by atoms with van der Waals surface area (Å²) in [6, 6.07) is 6.20. The van der Waals surface area contributed by atoms with Gasteiger partial charge in [-0.15, -0.1) is 0 Å². The van der Waals surface area contributed by atoms with E-state index in [9.17, 15) is 4.79 Å². The van der Waals surface area contributed by atoms with E-state index in [4.69, 9.17) is 21.1 Å². The lowest BCUT2D eigenvalue weighted by molar-refractivity contribution is -0.0935. The van der Waals surface area contributed by atoms with Crippen molar-refractivity contribution >= 4 is 17.5 Å². The average Bonchev–Trinajstić information content (AvgIpc) is 3.00. The van der Waals surface area contributed by atoms with Gasteiger partial charge < -0.3 is 14.4 Å². The number of fused-ring (bicyclic) bond motifs is 2. The van der Waals surface area contributed by atoms with Crippen LogP contribution in [-0.4, -0.2) is 47.8 Å². The van der Waals surface area contributed by atoms with Gasteiger partial charge >= 0.3 is 0 Å². The van der Waals surface area contributed by atoms with E-state index in [-0.39, 0.29) is 11.5 Å². The van der Waals surface area contributed by atoms with Crippen molar-refractivity contribution < 1.29 is 14.3 Å². The summed E-state index contributed by atoms with van der Waals surface area (Å²) in [5, 5.41) is 7.23. The number of aryl methyl sites for hydroxylation is 1. The topological polar surface area (TPSA) is 67.5 Å². The number of H-pyrrole nitrogens is 1. The van der Waals surface area contributed by atoms with Gasteiger partial charge in [0, 0.05) is 13.1 Å². The number of likely N-dealkylation sites (tertiary alicyclic amines) is 1. The van der Waals surface area contributed by atoms with Gasteiger partial charge in [-0.05, 0) is 49.4 Å². The third-order valence-corrected chi connectivity index (χ3v) is 5.95. The molecule has 1 spiro atoms. The predicted molar refractivity (Wildman–Crippen MR) is 97.8 cm³/mol. The Bertz CT molecular complexity index is 841. The van der Waals surface area contributed by atoms with E-state index >= 15 is 0 Å². The van der Waals surface area contributed by atoms with E-state index in [1.807, 2.05) is 11.0 Å². The van der Waals surface area contributed by atoms with E-state index in [0.717, 1.165) is 25.0 Å². The van der Waals surface area contributed by atoms with Crippen LogP contribution in [0.4, 0.5) is 0 Å². The number of nitrogens with one attached hydrogen (secondary N) is 1. The second-order valence-electron chi connectivity index (χ2n) is 6.92. The molecule has 1 N–H and O–H groups in total. The largest absolute Gasteiger partial charge is 0.497 e. The molecule has 138 valence electrons. The first-order valence-corrected chi connectivity index (χ1v) is 9.23. The molecule has 4 rings (SSSR count). The van der Waals surface area contributed by atoms with Crippen LogP contribution in [0.5, 0.6) is 5.75 Å². The lowest BCUT2D eigenvalue weighted by Gasteiger charge is -2.45. The number of halogens is 1. The van der Waals surface area contributed by atoms with Crippen LogP contribution in [0, 0.1) is 6.92 Å². The van der Waals surface area contributed by atoms with Gasteiger partial charge in [0.05, 0.1) is 30.0 Å². The van der Waals surface area contributed by atoms with Crippen LogP contribution in [0.25, 0.3) is 0 Å². The molecular weight excluding hydrogens is 354 g/mol. The van der Waals surface area contributed by atoms with Gasteiger partial charge in [0.1, 0.15) is 5.75 Å². The standard InChI is InChI=1S/C19H22ClN3O3/c1-12-16(20)17(22-21-12)18(24)23-8-6-19(7-9-23)15-4-3-14(25-2)11-13(15)5-10-26-19/h3-4,11H,5-10H2,1-2H3,(H,21,22). The number of methoxy groups -OCH3 is 1. The number of ether oxygens (including phenoxy) is 2. The molecule has 0 saturated carbocycles. The Labute approximate surface area is 157 Å². The highest BCUT2D eigenvalue weighted by atomic mass is 35.5. The third kappa shape index (κ3) is 2.77. The van der Waals surface area contributed by atoms with Crippen molar-refractivity contribution in [1.82, 2.24) is 15.1 Å². The molecule has 7 heteroatoms. The lowest BCUT2D eigenvalue weighted by Crippen LogP contribution is -2.48. The summed E-state index contributed by atoms with van der Waals surface area (Å²) >= 11 is 6.18. The molecule has 0 bridgehead atoms. The molecule has 0 atom stereocenters. The quantitative estimate of drug-likeness (QED) is 0.875. The maximum atomic E-state index is 12.7. The van der Waals surface area contributed by atoms with Crippen molar-refractivity contribution in [3.63, 3.8) is 0 Å². The number of hydrogen-bond acceptors (Lipinski definition) is 4. The summed E-state index contributed by atoms with van der Waals surface area (Å²) < 4.78 is 11.6. The highest BCUT2D eigenvalue weighted by Crippen LogP contribution is 2.42. The first kappa shape index (κ1) is 17.4. The van der Waals surface area contributed by atoms with Crippen LogP contribution < -0.4 is 4.74 Å². The number of amides is 1. The normalized spacial score (nSPS) is 18.7. The van der Waals surface area contributed by atoms with Crippen LogP contribution >= 0.6 is 11.6 Å². The fourth-order valence-corrected chi connectivity index (χ4v) is 4.14. The number of aromatic amines is 1. The van der Waals surface area contributed by atoms with E-state index in [1.165, 1.54) is 11.1 Å². The van der Waals surface area contributed by atoms with Gasteiger partial charge in [-0.25, -0.2) is 0 Å². The Morgan fingerprint density at radius 3 is 2.81 bits per heavy atom. The summed E-state index contributed by atoms with van der Waals surface area (Å²) in [7, 11) is 1.68.